The maximum Gasteiger partial charge on any atom is 0.410 e. The SMILES string of the molecule is Cc1c[nH]c(=O)c2c1nc([C@H]1CCCN1C(=O)OC(C)(C)C)n2COCC[Si](C)(C)C. The molecule has 0 bridgehead atoms. The zero-order valence-corrected chi connectivity index (χ0v) is 20.9. The van der Waals surface area contributed by atoms with Gasteiger partial charge in [0.05, 0.1) is 11.6 Å². The first-order chi connectivity index (χ1) is 14.4. The van der Waals surface area contributed by atoms with Crippen LogP contribution in [-0.2, 0) is 16.2 Å². The van der Waals surface area contributed by atoms with E-state index in [0.717, 1.165) is 24.4 Å². The number of nitrogens with zero attached hydrogens (tertiary/aromatic N) is 3. The fourth-order valence-corrected chi connectivity index (χ4v) is 4.54. The fourth-order valence-electron chi connectivity index (χ4n) is 3.78. The zero-order valence-electron chi connectivity index (χ0n) is 19.9. The average Bonchev–Trinajstić information content (AvgIpc) is 3.24. The van der Waals surface area contributed by atoms with Gasteiger partial charge in [-0.3, -0.25) is 14.3 Å². The molecule has 0 aromatic carbocycles. The number of imidazole rings is 1. The Balaban J connectivity index is 1.97. The van der Waals surface area contributed by atoms with Gasteiger partial charge in [0.25, 0.3) is 5.56 Å². The molecule has 2 aromatic heterocycles. The first-order valence-electron chi connectivity index (χ1n) is 11.0. The molecule has 172 valence electrons. The van der Waals surface area contributed by atoms with E-state index >= 15 is 0 Å². The van der Waals surface area contributed by atoms with E-state index < -0.39 is 13.7 Å². The Bertz CT molecular complexity index is 1000. The van der Waals surface area contributed by atoms with E-state index in [-0.39, 0.29) is 24.4 Å². The second-order valence-corrected chi connectivity index (χ2v) is 16.2. The van der Waals surface area contributed by atoms with E-state index in [0.29, 0.717) is 30.0 Å². The first kappa shape index (κ1) is 23.5. The highest BCUT2D eigenvalue weighted by Crippen LogP contribution is 2.34. The Hall–Kier alpha value is -2.13. The molecule has 2 aromatic rings. The Morgan fingerprint density at radius 2 is 2.03 bits per heavy atom. The third-order valence-corrected chi connectivity index (χ3v) is 7.11. The van der Waals surface area contributed by atoms with Gasteiger partial charge in [-0.25, -0.2) is 9.78 Å². The van der Waals surface area contributed by atoms with Gasteiger partial charge in [0, 0.05) is 27.4 Å². The van der Waals surface area contributed by atoms with Crippen LogP contribution in [0.3, 0.4) is 0 Å². The summed E-state index contributed by atoms with van der Waals surface area (Å²) in [4.78, 5) is 34.9. The molecule has 0 unspecified atom stereocenters. The number of hydrogen-bond acceptors (Lipinski definition) is 5. The second kappa shape index (κ2) is 8.78. The van der Waals surface area contributed by atoms with Gasteiger partial charge in [-0.15, -0.1) is 0 Å². The van der Waals surface area contributed by atoms with Crippen LogP contribution in [-0.4, -0.2) is 52.4 Å². The summed E-state index contributed by atoms with van der Waals surface area (Å²) >= 11 is 0. The summed E-state index contributed by atoms with van der Waals surface area (Å²) in [6.07, 6.45) is 2.96. The molecule has 1 saturated heterocycles. The van der Waals surface area contributed by atoms with Crippen molar-refractivity contribution in [3.8, 4) is 0 Å². The molecule has 1 fully saturated rings. The predicted molar refractivity (Wildman–Crippen MR) is 124 cm³/mol. The van der Waals surface area contributed by atoms with Gasteiger partial charge in [0.2, 0.25) is 0 Å². The van der Waals surface area contributed by atoms with Crippen LogP contribution in [0.1, 0.15) is 51.0 Å². The lowest BCUT2D eigenvalue weighted by atomic mass is 10.2. The molecule has 31 heavy (non-hydrogen) atoms. The summed E-state index contributed by atoms with van der Waals surface area (Å²) in [5, 5.41) is 0. The number of fused-ring (bicyclic) bond motifs is 1. The van der Waals surface area contributed by atoms with Crippen LogP contribution < -0.4 is 5.56 Å². The van der Waals surface area contributed by atoms with Crippen LogP contribution in [0.15, 0.2) is 11.0 Å². The smallest absolute Gasteiger partial charge is 0.410 e. The monoisotopic (exact) mass is 448 g/mol. The number of aryl methyl sites for hydroxylation is 1. The zero-order chi connectivity index (χ0) is 23.0. The van der Waals surface area contributed by atoms with E-state index in [2.05, 4.69) is 24.6 Å². The maximum atomic E-state index is 12.8. The molecular weight excluding hydrogens is 412 g/mol. The van der Waals surface area contributed by atoms with E-state index in [1.807, 2.05) is 32.3 Å². The summed E-state index contributed by atoms with van der Waals surface area (Å²) < 4.78 is 13.5. The summed E-state index contributed by atoms with van der Waals surface area (Å²) in [5.41, 5.74) is 1.27. The van der Waals surface area contributed by atoms with Crippen molar-refractivity contribution in [2.24, 2.45) is 0 Å². The van der Waals surface area contributed by atoms with Crippen molar-refractivity contribution in [3.63, 3.8) is 0 Å². The minimum atomic E-state index is -1.23. The number of ether oxygens (including phenoxy) is 2. The van der Waals surface area contributed by atoms with Crippen LogP contribution in [0.5, 0.6) is 0 Å². The molecule has 0 spiro atoms. The first-order valence-corrected chi connectivity index (χ1v) is 14.7. The topological polar surface area (TPSA) is 89.5 Å². The summed E-state index contributed by atoms with van der Waals surface area (Å²) in [6, 6.07) is 0.791. The highest BCUT2D eigenvalue weighted by molar-refractivity contribution is 6.76. The molecular formula is C22H36N4O4Si. The second-order valence-electron chi connectivity index (χ2n) is 10.6. The lowest BCUT2D eigenvalue weighted by Crippen LogP contribution is -2.37. The van der Waals surface area contributed by atoms with Crippen molar-refractivity contribution in [1.82, 2.24) is 19.4 Å². The molecule has 9 heteroatoms. The number of H-pyrrole nitrogens is 1. The van der Waals surface area contributed by atoms with Crippen molar-refractivity contribution in [2.75, 3.05) is 13.2 Å². The summed E-state index contributed by atoms with van der Waals surface area (Å²) in [7, 11) is -1.23. The predicted octanol–water partition coefficient (Wildman–Crippen LogP) is 4.42. The normalized spacial score (nSPS) is 17.5. The van der Waals surface area contributed by atoms with Gasteiger partial charge in [0.1, 0.15) is 23.7 Å². The van der Waals surface area contributed by atoms with Gasteiger partial charge in [-0.05, 0) is 52.1 Å². The number of aromatic nitrogens is 3. The lowest BCUT2D eigenvalue weighted by Gasteiger charge is -2.28. The van der Waals surface area contributed by atoms with Gasteiger partial charge < -0.3 is 14.5 Å². The Morgan fingerprint density at radius 3 is 2.68 bits per heavy atom. The molecule has 1 amide bonds. The molecule has 0 radical (unpaired) electrons. The Kier molecular flexibility index (Phi) is 6.66. The van der Waals surface area contributed by atoms with Crippen LogP contribution in [0.2, 0.25) is 25.7 Å². The number of nitrogens with one attached hydrogen (secondary N) is 1. The molecule has 3 rings (SSSR count). The van der Waals surface area contributed by atoms with Gasteiger partial charge >= 0.3 is 6.09 Å². The number of hydrogen-bond donors (Lipinski definition) is 1. The molecule has 1 aliphatic heterocycles. The highest BCUT2D eigenvalue weighted by Gasteiger charge is 2.36. The number of carbonyl (C=O) groups excluding carboxylic acids is 1. The largest absolute Gasteiger partial charge is 0.444 e. The van der Waals surface area contributed by atoms with Crippen molar-refractivity contribution >= 4 is 25.2 Å². The van der Waals surface area contributed by atoms with E-state index in [1.165, 1.54) is 0 Å². The number of carbonyl (C=O) groups is 1. The number of likely N-dealkylation sites (tertiary alicyclic amines) is 1. The number of aromatic amines is 1. The number of amides is 1. The minimum Gasteiger partial charge on any atom is -0.444 e. The number of pyridine rings is 1. The molecule has 1 N–H and O–H groups in total. The minimum absolute atomic E-state index is 0.199. The van der Waals surface area contributed by atoms with E-state index in [9.17, 15) is 9.59 Å². The van der Waals surface area contributed by atoms with Crippen LogP contribution in [0.25, 0.3) is 11.0 Å². The van der Waals surface area contributed by atoms with Crippen LogP contribution >= 0.6 is 0 Å². The Morgan fingerprint density at radius 1 is 1.32 bits per heavy atom. The maximum absolute atomic E-state index is 12.8. The third kappa shape index (κ3) is 5.57. The van der Waals surface area contributed by atoms with E-state index in [1.54, 1.807) is 11.1 Å². The molecule has 8 nitrogen and oxygen atoms in total. The van der Waals surface area contributed by atoms with Crippen LogP contribution in [0.4, 0.5) is 4.79 Å². The van der Waals surface area contributed by atoms with Crippen molar-refractivity contribution in [2.45, 2.75) is 84.6 Å². The van der Waals surface area contributed by atoms with E-state index in [4.69, 9.17) is 14.5 Å². The van der Waals surface area contributed by atoms with Crippen molar-refractivity contribution in [3.05, 3.63) is 27.9 Å². The molecule has 0 saturated carbocycles. The number of rotatable bonds is 6. The summed E-state index contributed by atoms with van der Waals surface area (Å²) in [5.74, 6) is 0.686. The standard InChI is InChI=1S/C22H36N4O4Si/c1-15-13-23-20(27)18-17(15)24-19(26(18)14-29-11-12-31(5,6)7)16-9-8-10-25(16)21(28)30-22(2,3)4/h13,16H,8-12,14H2,1-7H3,(H,23,27)/t16-/m1/s1. The van der Waals surface area contributed by atoms with Gasteiger partial charge in [-0.1, -0.05) is 19.6 Å². The average molecular weight is 449 g/mol. The van der Waals surface area contributed by atoms with Crippen LogP contribution in [0, 0.1) is 6.92 Å². The quantitative estimate of drug-likeness (QED) is 0.522. The van der Waals surface area contributed by atoms with Crippen molar-refractivity contribution < 1.29 is 14.3 Å². The fraction of sp³-hybridized carbons (Fsp3) is 0.682. The van der Waals surface area contributed by atoms with Gasteiger partial charge in [0.15, 0.2) is 0 Å². The van der Waals surface area contributed by atoms with Gasteiger partial charge in [-0.2, -0.15) is 0 Å². The highest BCUT2D eigenvalue weighted by atomic mass is 28.3. The molecule has 1 aliphatic rings. The molecule has 0 aliphatic carbocycles. The third-order valence-electron chi connectivity index (χ3n) is 5.40. The lowest BCUT2D eigenvalue weighted by molar-refractivity contribution is 0.0205. The molecule has 3 heterocycles. The Labute approximate surface area is 184 Å². The summed E-state index contributed by atoms with van der Waals surface area (Å²) in [6.45, 7) is 15.9. The molecule has 1 atom stereocenters. The van der Waals surface area contributed by atoms with Crippen molar-refractivity contribution in [1.29, 1.82) is 0 Å².